The van der Waals surface area contributed by atoms with E-state index < -0.39 is 0 Å². The molecule has 1 saturated carbocycles. The predicted octanol–water partition coefficient (Wildman–Crippen LogP) is 2.13. The van der Waals surface area contributed by atoms with E-state index in [1.807, 2.05) is 18.7 Å². The van der Waals surface area contributed by atoms with E-state index in [1.165, 1.54) is 38.6 Å². The third kappa shape index (κ3) is 4.62. The fourth-order valence-corrected chi connectivity index (χ4v) is 3.11. The normalized spacial score (nSPS) is 23.9. The molecule has 1 N–H and O–H groups in total. The molecule has 1 aromatic rings. The van der Waals surface area contributed by atoms with Gasteiger partial charge in [0.25, 0.3) is 0 Å². The Hall–Kier alpha value is -0.870. The first-order chi connectivity index (χ1) is 9.29. The van der Waals surface area contributed by atoms with Crippen LogP contribution in [0.4, 0.5) is 0 Å². The van der Waals surface area contributed by atoms with Crippen molar-refractivity contribution in [2.24, 2.45) is 0 Å². The van der Waals surface area contributed by atoms with Gasteiger partial charge in [-0.15, -0.1) is 0 Å². The third-order valence-corrected chi connectivity index (χ3v) is 4.30. The number of nitrogens with zero attached hydrogens (tertiary/aromatic N) is 3. The van der Waals surface area contributed by atoms with Crippen LogP contribution in [-0.4, -0.2) is 46.7 Å². The molecule has 0 radical (unpaired) electrons. The lowest BCUT2D eigenvalue weighted by atomic mass is 9.90. The van der Waals surface area contributed by atoms with Crippen molar-refractivity contribution in [2.75, 3.05) is 20.1 Å². The quantitative estimate of drug-likeness (QED) is 0.819. The maximum Gasteiger partial charge on any atom is 0.0945 e. The summed E-state index contributed by atoms with van der Waals surface area (Å²) in [4.78, 5) is 6.63. The Morgan fingerprint density at radius 1 is 1.32 bits per heavy atom. The average molecular weight is 264 g/mol. The number of nitrogens with one attached hydrogen (secondary N) is 1. The Morgan fingerprint density at radius 2 is 2.11 bits per heavy atom. The van der Waals surface area contributed by atoms with E-state index in [0.717, 1.165) is 25.2 Å². The van der Waals surface area contributed by atoms with E-state index in [2.05, 4.69) is 33.7 Å². The fourth-order valence-electron chi connectivity index (χ4n) is 3.11. The van der Waals surface area contributed by atoms with Crippen molar-refractivity contribution >= 4 is 0 Å². The molecule has 108 valence electrons. The zero-order valence-corrected chi connectivity index (χ0v) is 12.4. The van der Waals surface area contributed by atoms with Gasteiger partial charge in [0.2, 0.25) is 0 Å². The number of imidazole rings is 1. The van der Waals surface area contributed by atoms with E-state index >= 15 is 0 Å². The molecule has 0 atom stereocenters. The van der Waals surface area contributed by atoms with Crippen molar-refractivity contribution < 1.29 is 0 Å². The van der Waals surface area contributed by atoms with Crippen molar-refractivity contribution in [3.63, 3.8) is 0 Å². The molecular formula is C15H28N4. The summed E-state index contributed by atoms with van der Waals surface area (Å²) >= 11 is 0. The largest absolute Gasteiger partial charge is 0.337 e. The standard InChI is InChI=1S/C15H28N4/c1-3-17-14-5-7-15(8-6-14)18(2)10-4-11-19-12-9-16-13-19/h9,12-15,17H,3-8,10-11H2,1-2H3. The van der Waals surface area contributed by atoms with Gasteiger partial charge in [-0.25, -0.2) is 4.98 Å². The second-order valence-corrected chi connectivity index (χ2v) is 5.70. The maximum absolute atomic E-state index is 4.08. The zero-order chi connectivity index (χ0) is 13.5. The summed E-state index contributed by atoms with van der Waals surface area (Å²) in [7, 11) is 2.28. The van der Waals surface area contributed by atoms with Crippen LogP contribution in [0.2, 0.25) is 0 Å². The summed E-state index contributed by atoms with van der Waals surface area (Å²) in [6.45, 7) is 5.58. The first kappa shape index (κ1) is 14.5. The molecule has 1 heterocycles. The molecule has 1 aliphatic carbocycles. The van der Waals surface area contributed by atoms with E-state index in [1.54, 1.807) is 0 Å². The molecule has 4 heteroatoms. The van der Waals surface area contributed by atoms with Gasteiger partial charge in [-0.05, 0) is 52.2 Å². The van der Waals surface area contributed by atoms with E-state index in [9.17, 15) is 0 Å². The summed E-state index contributed by atoms with van der Waals surface area (Å²) in [5.74, 6) is 0. The van der Waals surface area contributed by atoms with Crippen LogP contribution in [-0.2, 0) is 6.54 Å². The van der Waals surface area contributed by atoms with Crippen molar-refractivity contribution in [3.05, 3.63) is 18.7 Å². The van der Waals surface area contributed by atoms with Gasteiger partial charge in [0.1, 0.15) is 0 Å². The van der Waals surface area contributed by atoms with Gasteiger partial charge >= 0.3 is 0 Å². The molecule has 0 bridgehead atoms. The number of rotatable bonds is 7. The second kappa shape index (κ2) is 7.65. The smallest absolute Gasteiger partial charge is 0.0945 e. The van der Waals surface area contributed by atoms with Crippen LogP contribution in [0.5, 0.6) is 0 Å². The monoisotopic (exact) mass is 264 g/mol. The van der Waals surface area contributed by atoms with Crippen molar-refractivity contribution in [3.8, 4) is 0 Å². The van der Waals surface area contributed by atoms with Crippen molar-refractivity contribution in [1.82, 2.24) is 19.8 Å². The Balaban J connectivity index is 1.62. The molecule has 19 heavy (non-hydrogen) atoms. The van der Waals surface area contributed by atoms with Crippen LogP contribution in [0, 0.1) is 0 Å². The highest BCUT2D eigenvalue weighted by Crippen LogP contribution is 2.22. The van der Waals surface area contributed by atoms with Gasteiger partial charge in [0.15, 0.2) is 0 Å². The number of aromatic nitrogens is 2. The summed E-state index contributed by atoms with van der Waals surface area (Å²) in [6.07, 6.45) is 12.4. The number of aryl methyl sites for hydroxylation is 1. The molecule has 1 aromatic heterocycles. The third-order valence-electron chi connectivity index (χ3n) is 4.30. The minimum atomic E-state index is 0.764. The fraction of sp³-hybridized carbons (Fsp3) is 0.800. The topological polar surface area (TPSA) is 33.1 Å². The lowest BCUT2D eigenvalue weighted by Gasteiger charge is -2.35. The number of hydrogen-bond acceptors (Lipinski definition) is 3. The molecule has 4 nitrogen and oxygen atoms in total. The average Bonchev–Trinajstić information content (AvgIpc) is 2.93. The molecular weight excluding hydrogens is 236 g/mol. The Kier molecular flexibility index (Phi) is 5.86. The van der Waals surface area contributed by atoms with Gasteiger partial charge in [-0.2, -0.15) is 0 Å². The van der Waals surface area contributed by atoms with E-state index in [-0.39, 0.29) is 0 Å². The molecule has 2 rings (SSSR count). The predicted molar refractivity (Wildman–Crippen MR) is 79.2 cm³/mol. The Bertz CT molecular complexity index is 328. The Morgan fingerprint density at radius 3 is 2.74 bits per heavy atom. The van der Waals surface area contributed by atoms with E-state index in [4.69, 9.17) is 0 Å². The summed E-state index contributed by atoms with van der Waals surface area (Å²) in [5.41, 5.74) is 0. The van der Waals surface area contributed by atoms with Crippen LogP contribution in [0.25, 0.3) is 0 Å². The van der Waals surface area contributed by atoms with E-state index in [0.29, 0.717) is 0 Å². The molecule has 0 amide bonds. The second-order valence-electron chi connectivity index (χ2n) is 5.70. The first-order valence-corrected chi connectivity index (χ1v) is 7.69. The molecule has 0 spiro atoms. The molecule has 0 aromatic carbocycles. The first-order valence-electron chi connectivity index (χ1n) is 7.69. The molecule has 1 fully saturated rings. The lowest BCUT2D eigenvalue weighted by Crippen LogP contribution is -2.41. The number of hydrogen-bond donors (Lipinski definition) is 1. The molecule has 0 saturated heterocycles. The van der Waals surface area contributed by atoms with Crippen LogP contribution in [0.3, 0.4) is 0 Å². The summed E-state index contributed by atoms with van der Waals surface area (Å²) < 4.78 is 2.16. The highest BCUT2D eigenvalue weighted by molar-refractivity contribution is 4.81. The van der Waals surface area contributed by atoms with Gasteiger partial charge in [0, 0.05) is 31.0 Å². The SMILES string of the molecule is CCNC1CCC(N(C)CCCn2ccnc2)CC1. The van der Waals surface area contributed by atoms with Crippen LogP contribution >= 0.6 is 0 Å². The van der Waals surface area contributed by atoms with Gasteiger partial charge in [0.05, 0.1) is 6.33 Å². The van der Waals surface area contributed by atoms with Gasteiger partial charge in [-0.3, -0.25) is 0 Å². The van der Waals surface area contributed by atoms with Gasteiger partial charge < -0.3 is 14.8 Å². The summed E-state index contributed by atoms with van der Waals surface area (Å²) in [5, 5.41) is 3.58. The lowest BCUT2D eigenvalue weighted by molar-refractivity contribution is 0.171. The summed E-state index contributed by atoms with van der Waals surface area (Å²) in [6, 6.07) is 1.55. The van der Waals surface area contributed by atoms with Crippen LogP contribution < -0.4 is 5.32 Å². The molecule has 0 aliphatic heterocycles. The molecule has 0 unspecified atom stereocenters. The molecule has 1 aliphatic rings. The highest BCUT2D eigenvalue weighted by Gasteiger charge is 2.22. The van der Waals surface area contributed by atoms with Crippen molar-refractivity contribution in [1.29, 1.82) is 0 Å². The minimum Gasteiger partial charge on any atom is -0.337 e. The van der Waals surface area contributed by atoms with Crippen LogP contribution in [0.15, 0.2) is 18.7 Å². The minimum absolute atomic E-state index is 0.764. The van der Waals surface area contributed by atoms with Gasteiger partial charge in [-0.1, -0.05) is 6.92 Å². The van der Waals surface area contributed by atoms with Crippen molar-refractivity contribution in [2.45, 2.75) is 57.7 Å². The maximum atomic E-state index is 4.08. The zero-order valence-electron chi connectivity index (χ0n) is 12.4. The Labute approximate surface area is 117 Å². The van der Waals surface area contributed by atoms with Crippen LogP contribution in [0.1, 0.15) is 39.0 Å². The highest BCUT2D eigenvalue weighted by atomic mass is 15.1.